The maximum Gasteiger partial charge on any atom is 0.417 e. The van der Waals surface area contributed by atoms with Gasteiger partial charge in [0.15, 0.2) is 0 Å². The van der Waals surface area contributed by atoms with Crippen LogP contribution in [0.2, 0.25) is 0 Å². The second-order valence-electron chi connectivity index (χ2n) is 3.04. The van der Waals surface area contributed by atoms with Crippen LogP contribution in [-0.2, 0) is 6.18 Å². The fourth-order valence-corrected chi connectivity index (χ4v) is 1.77. The molecule has 1 aromatic rings. The number of rotatable bonds is 4. The molecule has 0 aliphatic heterocycles. The van der Waals surface area contributed by atoms with E-state index < -0.39 is 11.7 Å². The molecule has 0 radical (unpaired) electrons. The highest BCUT2D eigenvalue weighted by Crippen LogP contribution is 2.29. The van der Waals surface area contributed by atoms with E-state index in [1.165, 1.54) is 17.8 Å². The van der Waals surface area contributed by atoms with Crippen molar-refractivity contribution in [2.75, 3.05) is 5.75 Å². The molecule has 0 aliphatic rings. The van der Waals surface area contributed by atoms with E-state index in [9.17, 15) is 13.2 Å². The minimum absolute atomic E-state index is 0.588. The van der Waals surface area contributed by atoms with Gasteiger partial charge in [0.25, 0.3) is 0 Å². The summed E-state index contributed by atoms with van der Waals surface area (Å²) in [6.07, 6.45) is 3.12. The van der Waals surface area contributed by atoms with Crippen LogP contribution in [0, 0.1) is 12.3 Å². The van der Waals surface area contributed by atoms with Gasteiger partial charge in [0.05, 0.1) is 10.6 Å². The zero-order chi connectivity index (χ0) is 12.0. The van der Waals surface area contributed by atoms with Crippen molar-refractivity contribution in [2.24, 2.45) is 0 Å². The molecule has 0 bridgehead atoms. The van der Waals surface area contributed by atoms with Gasteiger partial charge in [0.2, 0.25) is 0 Å². The number of nitrogens with zero attached hydrogens (tertiary/aromatic N) is 1. The molecular formula is C11H10F3NS. The predicted molar refractivity (Wildman–Crippen MR) is 58.0 cm³/mol. The van der Waals surface area contributed by atoms with Crippen LogP contribution < -0.4 is 0 Å². The van der Waals surface area contributed by atoms with Crippen LogP contribution in [0.25, 0.3) is 0 Å². The predicted octanol–water partition coefficient (Wildman–Crippen LogP) is 3.61. The average molecular weight is 245 g/mol. The van der Waals surface area contributed by atoms with Gasteiger partial charge >= 0.3 is 6.18 Å². The Balaban J connectivity index is 2.49. The summed E-state index contributed by atoms with van der Waals surface area (Å²) in [4.78, 5) is 3.73. The standard InChI is InChI=1S/C11H10F3NS/c1-2-3-4-7-16-10-6-5-9(8-15-10)11(12,13)14/h1,5-6,8H,3-4,7H2. The molecule has 86 valence electrons. The lowest BCUT2D eigenvalue weighted by Crippen LogP contribution is -2.05. The lowest BCUT2D eigenvalue weighted by molar-refractivity contribution is -0.137. The molecule has 0 aromatic carbocycles. The maximum atomic E-state index is 12.2. The van der Waals surface area contributed by atoms with Crippen molar-refractivity contribution in [2.45, 2.75) is 24.0 Å². The summed E-state index contributed by atoms with van der Waals surface area (Å²) in [5.74, 6) is 3.27. The summed E-state index contributed by atoms with van der Waals surface area (Å²) < 4.78 is 36.6. The number of thioether (sulfide) groups is 1. The van der Waals surface area contributed by atoms with Crippen LogP contribution in [0.15, 0.2) is 23.4 Å². The summed E-state index contributed by atoms with van der Waals surface area (Å²) in [5.41, 5.74) is -0.722. The van der Waals surface area contributed by atoms with Crippen LogP contribution in [0.4, 0.5) is 13.2 Å². The van der Waals surface area contributed by atoms with Crippen LogP contribution in [0.5, 0.6) is 0 Å². The highest BCUT2D eigenvalue weighted by Gasteiger charge is 2.30. The highest BCUT2D eigenvalue weighted by molar-refractivity contribution is 7.99. The zero-order valence-corrected chi connectivity index (χ0v) is 9.24. The molecule has 1 aromatic heterocycles. The molecule has 5 heteroatoms. The van der Waals surface area contributed by atoms with Gasteiger partial charge in [-0.25, -0.2) is 4.98 Å². The Morgan fingerprint density at radius 3 is 2.62 bits per heavy atom. The molecule has 0 unspecified atom stereocenters. The summed E-state index contributed by atoms with van der Waals surface area (Å²) in [5, 5.41) is 0.588. The van der Waals surface area contributed by atoms with Crippen LogP contribution in [0.1, 0.15) is 18.4 Å². The third-order valence-corrected chi connectivity index (χ3v) is 2.81. The number of pyridine rings is 1. The van der Waals surface area contributed by atoms with Crippen molar-refractivity contribution >= 4 is 11.8 Å². The Morgan fingerprint density at radius 2 is 2.12 bits per heavy atom. The van der Waals surface area contributed by atoms with Gasteiger partial charge in [-0.1, -0.05) is 0 Å². The lowest BCUT2D eigenvalue weighted by atomic mass is 10.3. The number of unbranched alkanes of at least 4 members (excludes halogenated alkanes) is 1. The fraction of sp³-hybridized carbons (Fsp3) is 0.364. The molecule has 0 amide bonds. The third-order valence-electron chi connectivity index (χ3n) is 1.78. The number of halogens is 3. The maximum absolute atomic E-state index is 12.2. The van der Waals surface area contributed by atoms with Crippen molar-refractivity contribution in [3.63, 3.8) is 0 Å². The molecule has 0 saturated carbocycles. The zero-order valence-electron chi connectivity index (χ0n) is 8.42. The molecule has 1 heterocycles. The Bertz CT molecular complexity index is 364. The minimum atomic E-state index is -4.32. The van der Waals surface area contributed by atoms with Crippen LogP contribution in [-0.4, -0.2) is 10.7 Å². The molecule has 1 rings (SSSR count). The van der Waals surface area contributed by atoms with Gasteiger partial charge in [-0.05, 0) is 18.6 Å². The second-order valence-corrected chi connectivity index (χ2v) is 4.15. The van der Waals surface area contributed by atoms with Crippen molar-refractivity contribution in [3.8, 4) is 12.3 Å². The molecule has 0 atom stereocenters. The first kappa shape index (κ1) is 12.9. The van der Waals surface area contributed by atoms with E-state index in [0.717, 1.165) is 24.4 Å². The van der Waals surface area contributed by atoms with Crippen molar-refractivity contribution < 1.29 is 13.2 Å². The average Bonchev–Trinajstić information content (AvgIpc) is 2.24. The van der Waals surface area contributed by atoms with E-state index in [1.54, 1.807) is 0 Å². The SMILES string of the molecule is C#CCCCSc1ccc(C(F)(F)F)cn1. The Hall–Kier alpha value is -1.15. The Labute approximate surface area is 96.5 Å². The minimum Gasteiger partial charge on any atom is -0.249 e. The summed E-state index contributed by atoms with van der Waals surface area (Å²) in [6, 6.07) is 2.42. The second kappa shape index (κ2) is 5.80. The first-order chi connectivity index (χ1) is 7.54. The van der Waals surface area contributed by atoms with Crippen molar-refractivity contribution in [3.05, 3.63) is 23.9 Å². The number of terminal acetylenes is 1. The van der Waals surface area contributed by atoms with E-state index >= 15 is 0 Å². The van der Waals surface area contributed by atoms with E-state index in [-0.39, 0.29) is 0 Å². The molecule has 0 N–H and O–H groups in total. The fourth-order valence-electron chi connectivity index (χ4n) is 0.984. The first-order valence-corrected chi connectivity index (χ1v) is 5.62. The number of alkyl halides is 3. The smallest absolute Gasteiger partial charge is 0.249 e. The topological polar surface area (TPSA) is 12.9 Å². The van der Waals surface area contributed by atoms with E-state index in [4.69, 9.17) is 6.42 Å². The van der Waals surface area contributed by atoms with Gasteiger partial charge in [-0.2, -0.15) is 13.2 Å². The molecule has 0 spiro atoms. The molecule has 0 saturated heterocycles. The molecule has 0 aliphatic carbocycles. The van der Waals surface area contributed by atoms with E-state index in [0.29, 0.717) is 11.4 Å². The van der Waals surface area contributed by atoms with Crippen LogP contribution >= 0.6 is 11.8 Å². The van der Waals surface area contributed by atoms with Gasteiger partial charge < -0.3 is 0 Å². The van der Waals surface area contributed by atoms with Gasteiger partial charge in [0.1, 0.15) is 0 Å². The largest absolute Gasteiger partial charge is 0.417 e. The monoisotopic (exact) mass is 245 g/mol. The van der Waals surface area contributed by atoms with Crippen molar-refractivity contribution in [1.29, 1.82) is 0 Å². The number of aromatic nitrogens is 1. The number of hydrogen-bond acceptors (Lipinski definition) is 2. The van der Waals surface area contributed by atoms with Gasteiger partial charge in [-0.3, -0.25) is 0 Å². The van der Waals surface area contributed by atoms with Gasteiger partial charge in [0, 0.05) is 18.4 Å². The van der Waals surface area contributed by atoms with Crippen molar-refractivity contribution in [1.82, 2.24) is 4.98 Å². The molecular weight excluding hydrogens is 235 g/mol. The highest BCUT2D eigenvalue weighted by atomic mass is 32.2. The summed E-state index contributed by atoms with van der Waals surface area (Å²) in [6.45, 7) is 0. The van der Waals surface area contributed by atoms with Crippen LogP contribution in [0.3, 0.4) is 0 Å². The molecule has 1 nitrogen and oxygen atoms in total. The molecule has 0 fully saturated rings. The molecule has 16 heavy (non-hydrogen) atoms. The Morgan fingerprint density at radius 1 is 1.38 bits per heavy atom. The summed E-state index contributed by atoms with van der Waals surface area (Å²) in [7, 11) is 0. The normalized spacial score (nSPS) is 11.1. The quantitative estimate of drug-likeness (QED) is 0.456. The Kier molecular flexibility index (Phi) is 4.69. The van der Waals surface area contributed by atoms with E-state index in [2.05, 4.69) is 10.9 Å². The summed E-state index contributed by atoms with van der Waals surface area (Å²) >= 11 is 1.41. The first-order valence-electron chi connectivity index (χ1n) is 4.63. The third kappa shape index (κ3) is 4.15. The van der Waals surface area contributed by atoms with Gasteiger partial charge in [-0.15, -0.1) is 24.1 Å². The number of hydrogen-bond donors (Lipinski definition) is 0. The van der Waals surface area contributed by atoms with E-state index in [1.807, 2.05) is 0 Å². The lowest BCUT2D eigenvalue weighted by Gasteiger charge is -2.06.